The van der Waals surface area contributed by atoms with Crippen LogP contribution in [0.5, 0.6) is 0 Å². The van der Waals surface area contributed by atoms with Crippen LogP contribution in [0.1, 0.15) is 34.0 Å². The lowest BCUT2D eigenvalue weighted by atomic mass is 9.99. The summed E-state index contributed by atoms with van der Waals surface area (Å²) in [5.74, 6) is -0.765. The maximum atomic E-state index is 12.6. The molecular formula is C20H18N2O3. The van der Waals surface area contributed by atoms with Gasteiger partial charge in [-0.2, -0.15) is 5.26 Å². The van der Waals surface area contributed by atoms with Gasteiger partial charge in [-0.15, -0.1) is 0 Å². The van der Waals surface area contributed by atoms with Crippen LogP contribution in [0, 0.1) is 11.3 Å². The van der Waals surface area contributed by atoms with Crippen molar-refractivity contribution in [3.8, 4) is 6.07 Å². The molecule has 126 valence electrons. The minimum absolute atomic E-state index is 0.198. The Morgan fingerprint density at radius 2 is 1.80 bits per heavy atom. The van der Waals surface area contributed by atoms with E-state index in [1.54, 1.807) is 24.0 Å². The smallest absolute Gasteiger partial charge is 0.338 e. The van der Waals surface area contributed by atoms with E-state index in [1.807, 2.05) is 24.3 Å². The molecular weight excluding hydrogens is 316 g/mol. The molecule has 1 aliphatic heterocycles. The maximum Gasteiger partial charge on any atom is 0.338 e. The minimum Gasteiger partial charge on any atom is -0.449 e. The lowest BCUT2D eigenvalue weighted by molar-refractivity contribution is -0.140. The number of benzene rings is 2. The molecule has 2 aromatic carbocycles. The lowest BCUT2D eigenvalue weighted by Crippen LogP contribution is -2.42. The van der Waals surface area contributed by atoms with E-state index in [9.17, 15) is 9.59 Å². The van der Waals surface area contributed by atoms with Gasteiger partial charge >= 0.3 is 5.97 Å². The summed E-state index contributed by atoms with van der Waals surface area (Å²) in [6, 6.07) is 16.2. The van der Waals surface area contributed by atoms with Gasteiger partial charge in [0.15, 0.2) is 6.10 Å². The summed E-state index contributed by atoms with van der Waals surface area (Å²) in [6.45, 7) is 2.74. The van der Waals surface area contributed by atoms with Crippen LogP contribution >= 0.6 is 0 Å². The summed E-state index contributed by atoms with van der Waals surface area (Å²) in [5.41, 5.74) is 3.18. The van der Waals surface area contributed by atoms with Crippen LogP contribution in [0.25, 0.3) is 0 Å². The maximum absolute atomic E-state index is 12.6. The molecule has 5 nitrogen and oxygen atoms in total. The molecule has 0 spiro atoms. The van der Waals surface area contributed by atoms with Gasteiger partial charge in [0, 0.05) is 13.1 Å². The van der Waals surface area contributed by atoms with Crippen LogP contribution in [0.15, 0.2) is 48.5 Å². The molecule has 0 saturated carbocycles. The molecule has 1 amide bonds. The second-order valence-electron chi connectivity index (χ2n) is 6.02. The molecule has 0 bridgehead atoms. The van der Waals surface area contributed by atoms with Crippen molar-refractivity contribution < 1.29 is 14.3 Å². The molecule has 3 rings (SSSR count). The van der Waals surface area contributed by atoms with Crippen molar-refractivity contribution in [1.82, 2.24) is 4.90 Å². The third-order valence-corrected chi connectivity index (χ3v) is 4.32. The van der Waals surface area contributed by atoms with Crippen molar-refractivity contribution >= 4 is 11.9 Å². The Labute approximate surface area is 146 Å². The average molecular weight is 334 g/mol. The van der Waals surface area contributed by atoms with Crippen molar-refractivity contribution in [2.45, 2.75) is 26.0 Å². The number of carbonyl (C=O) groups is 2. The highest BCUT2D eigenvalue weighted by atomic mass is 16.5. The van der Waals surface area contributed by atoms with Gasteiger partial charge in [-0.3, -0.25) is 4.79 Å². The Balaban J connectivity index is 1.63. The molecule has 0 aliphatic carbocycles. The molecule has 2 aromatic rings. The molecule has 1 atom stereocenters. The van der Waals surface area contributed by atoms with Gasteiger partial charge in [0.2, 0.25) is 0 Å². The Hall–Kier alpha value is -3.13. The average Bonchev–Trinajstić information content (AvgIpc) is 2.67. The molecule has 5 heteroatoms. The van der Waals surface area contributed by atoms with Crippen molar-refractivity contribution in [2.24, 2.45) is 0 Å². The van der Waals surface area contributed by atoms with E-state index in [2.05, 4.69) is 6.07 Å². The topological polar surface area (TPSA) is 70.4 Å². The zero-order chi connectivity index (χ0) is 17.8. The number of nitrogens with zero attached hydrogens (tertiary/aromatic N) is 2. The minimum atomic E-state index is -0.853. The number of nitriles is 1. The van der Waals surface area contributed by atoms with Crippen LogP contribution in [-0.4, -0.2) is 29.4 Å². The first kappa shape index (κ1) is 16.7. The van der Waals surface area contributed by atoms with E-state index < -0.39 is 12.1 Å². The highest BCUT2D eigenvalue weighted by Crippen LogP contribution is 2.19. The quantitative estimate of drug-likeness (QED) is 0.809. The monoisotopic (exact) mass is 334 g/mol. The number of fused-ring (bicyclic) bond motifs is 1. The molecule has 0 radical (unpaired) electrons. The lowest BCUT2D eigenvalue weighted by Gasteiger charge is -2.30. The highest BCUT2D eigenvalue weighted by molar-refractivity contribution is 5.92. The molecule has 1 unspecified atom stereocenters. The number of hydrogen-bond donors (Lipinski definition) is 0. The first-order chi connectivity index (χ1) is 12.1. The number of carbonyl (C=O) groups excluding carboxylic acids is 2. The van der Waals surface area contributed by atoms with E-state index in [0.717, 1.165) is 12.0 Å². The van der Waals surface area contributed by atoms with E-state index in [0.29, 0.717) is 24.2 Å². The number of esters is 1. The van der Waals surface area contributed by atoms with Crippen LogP contribution < -0.4 is 0 Å². The second kappa shape index (κ2) is 7.18. The summed E-state index contributed by atoms with van der Waals surface area (Å²) in [5, 5.41) is 8.78. The van der Waals surface area contributed by atoms with Gasteiger partial charge in [0.1, 0.15) is 0 Å². The molecule has 0 saturated heterocycles. The third kappa shape index (κ3) is 3.69. The van der Waals surface area contributed by atoms with E-state index in [-0.39, 0.29) is 5.91 Å². The number of amides is 1. The Morgan fingerprint density at radius 3 is 2.48 bits per heavy atom. The van der Waals surface area contributed by atoms with Crippen molar-refractivity contribution in [3.63, 3.8) is 0 Å². The first-order valence-corrected chi connectivity index (χ1v) is 8.15. The Bertz CT molecular complexity index is 837. The fourth-order valence-electron chi connectivity index (χ4n) is 2.90. The molecule has 0 aromatic heterocycles. The Kier molecular flexibility index (Phi) is 4.80. The van der Waals surface area contributed by atoms with Gasteiger partial charge in [-0.05, 0) is 48.7 Å². The number of hydrogen-bond acceptors (Lipinski definition) is 4. The summed E-state index contributed by atoms with van der Waals surface area (Å²) < 4.78 is 5.30. The van der Waals surface area contributed by atoms with Crippen LogP contribution in [0.2, 0.25) is 0 Å². The molecule has 0 fully saturated rings. The normalized spacial score (nSPS) is 14.2. The van der Waals surface area contributed by atoms with Gasteiger partial charge < -0.3 is 9.64 Å². The number of rotatable bonds is 3. The van der Waals surface area contributed by atoms with Gasteiger partial charge in [-0.25, -0.2) is 4.79 Å². The van der Waals surface area contributed by atoms with Crippen molar-refractivity contribution in [1.29, 1.82) is 5.26 Å². The number of ether oxygens (including phenoxy) is 1. The van der Waals surface area contributed by atoms with E-state index in [4.69, 9.17) is 10.00 Å². The van der Waals surface area contributed by atoms with Crippen molar-refractivity contribution in [2.75, 3.05) is 6.54 Å². The van der Waals surface area contributed by atoms with Crippen molar-refractivity contribution in [3.05, 3.63) is 70.8 Å². The molecule has 25 heavy (non-hydrogen) atoms. The van der Waals surface area contributed by atoms with Crippen LogP contribution in [-0.2, 0) is 22.5 Å². The van der Waals surface area contributed by atoms with Crippen LogP contribution in [0.4, 0.5) is 0 Å². The Morgan fingerprint density at radius 1 is 1.12 bits per heavy atom. The summed E-state index contributed by atoms with van der Waals surface area (Å²) in [6.07, 6.45) is -0.0496. The molecule has 1 aliphatic rings. The summed E-state index contributed by atoms with van der Waals surface area (Å²) >= 11 is 0. The first-order valence-electron chi connectivity index (χ1n) is 8.15. The second-order valence-corrected chi connectivity index (χ2v) is 6.02. The SMILES string of the molecule is CC(OC(=O)c1ccc(C#N)cc1)C(=O)N1CCc2ccccc2C1. The van der Waals surface area contributed by atoms with E-state index >= 15 is 0 Å². The summed E-state index contributed by atoms with van der Waals surface area (Å²) in [7, 11) is 0. The highest BCUT2D eigenvalue weighted by Gasteiger charge is 2.27. The third-order valence-electron chi connectivity index (χ3n) is 4.32. The molecule has 1 heterocycles. The van der Waals surface area contributed by atoms with Gasteiger partial charge in [0.05, 0.1) is 17.2 Å². The largest absolute Gasteiger partial charge is 0.449 e. The van der Waals surface area contributed by atoms with Crippen LogP contribution in [0.3, 0.4) is 0 Å². The fourth-order valence-corrected chi connectivity index (χ4v) is 2.90. The predicted molar refractivity (Wildman–Crippen MR) is 91.6 cm³/mol. The van der Waals surface area contributed by atoms with E-state index in [1.165, 1.54) is 17.7 Å². The van der Waals surface area contributed by atoms with Gasteiger partial charge in [0.25, 0.3) is 5.91 Å². The zero-order valence-corrected chi connectivity index (χ0v) is 13.9. The fraction of sp³-hybridized carbons (Fsp3) is 0.250. The zero-order valence-electron chi connectivity index (χ0n) is 13.9. The molecule has 0 N–H and O–H groups in total. The standard InChI is InChI=1S/C20H18N2O3/c1-14(25-20(24)17-8-6-15(12-21)7-9-17)19(23)22-11-10-16-4-2-3-5-18(16)13-22/h2-9,14H,10-11,13H2,1H3. The van der Waals surface area contributed by atoms with Gasteiger partial charge in [-0.1, -0.05) is 24.3 Å². The summed E-state index contributed by atoms with van der Waals surface area (Å²) in [4.78, 5) is 26.5. The predicted octanol–water partition coefficient (Wildman–Crippen LogP) is 2.69.